The van der Waals surface area contributed by atoms with Gasteiger partial charge in [-0.25, -0.2) is 0 Å². The molecule has 5 aromatic carbocycles. The van der Waals surface area contributed by atoms with Crippen LogP contribution in [-0.4, -0.2) is 57.4 Å². The van der Waals surface area contributed by atoms with Crippen molar-refractivity contribution >= 4 is 86.6 Å². The fourth-order valence-electron chi connectivity index (χ4n) is 4.02. The Bertz CT molecular complexity index is 2330. The zero-order chi connectivity index (χ0) is 36.8. The minimum absolute atomic E-state index is 0.0372. The summed E-state index contributed by atoms with van der Waals surface area (Å²) in [6, 6.07) is 16.9. The average Bonchev–Trinajstić information content (AvgIpc) is 3.01. The van der Waals surface area contributed by atoms with Crippen LogP contribution in [0.3, 0.4) is 0 Å². The van der Waals surface area contributed by atoms with E-state index in [9.17, 15) is 35.2 Å². The van der Waals surface area contributed by atoms with Crippen molar-refractivity contribution in [2.75, 3.05) is 35.7 Å². The predicted octanol–water partition coefficient (Wildman–Crippen LogP) is 2.11. The second-order valence-corrected chi connectivity index (χ2v) is 13.6. The maximum absolute atomic E-state index is 11.2. The maximum atomic E-state index is 11.2. The summed E-state index contributed by atoms with van der Waals surface area (Å²) in [5, 5.41) is 10.9. The summed E-state index contributed by atoms with van der Waals surface area (Å²) in [7, 11) is -12.1. The van der Waals surface area contributed by atoms with Crippen molar-refractivity contribution in [2.24, 2.45) is 5.73 Å². The van der Waals surface area contributed by atoms with Crippen LogP contribution in [0, 0.1) is 0 Å². The van der Waals surface area contributed by atoms with E-state index >= 15 is 0 Å². The summed E-state index contributed by atoms with van der Waals surface area (Å²) in [5.41, 5.74) is 33.4. The van der Waals surface area contributed by atoms with E-state index in [1.54, 1.807) is 36.4 Å². The summed E-state index contributed by atoms with van der Waals surface area (Å²) in [4.78, 5) is 8.45. The number of hydrogen-bond acceptors (Lipinski definition) is 14. The maximum Gasteiger partial charge on any atom is 0.296 e. The topological polar surface area (TPSA) is 357 Å². The summed E-state index contributed by atoms with van der Waals surface area (Å²) >= 11 is 0. The summed E-state index contributed by atoms with van der Waals surface area (Å²) in [6.07, 6.45) is 0.774. The number of nitrogen functional groups attached to an aromatic ring is 5. The van der Waals surface area contributed by atoms with Crippen LogP contribution in [0.15, 0.2) is 87.5 Å². The van der Waals surface area contributed by atoms with Gasteiger partial charge < -0.3 is 39.5 Å². The molecular weight excluding hydrogens is 693 g/mol. The Labute approximate surface area is 275 Å². The van der Waals surface area contributed by atoms with Crippen molar-refractivity contribution in [3.63, 3.8) is 0 Å². The van der Waals surface area contributed by atoms with Crippen LogP contribution >= 0.6 is 0 Å². The Kier molecular flexibility index (Phi) is 12.3. The van der Waals surface area contributed by atoms with Gasteiger partial charge in [0.15, 0.2) is 0 Å². The molecule has 0 aromatic heterocycles. The van der Waals surface area contributed by atoms with Gasteiger partial charge in [0.05, 0.1) is 16.3 Å². The molecule has 0 aliphatic carbocycles. The van der Waals surface area contributed by atoms with Crippen LogP contribution in [0.5, 0.6) is 5.75 Å². The van der Waals surface area contributed by atoms with Crippen molar-refractivity contribution in [1.29, 1.82) is 0 Å². The quantitative estimate of drug-likeness (QED) is 0.0549. The Balaban J connectivity index is 0.000000261. The van der Waals surface area contributed by atoms with Crippen molar-refractivity contribution in [3.05, 3.63) is 78.4 Å². The zero-order valence-corrected chi connectivity index (χ0v) is 27.3. The van der Waals surface area contributed by atoms with Gasteiger partial charge in [0.1, 0.15) is 21.8 Å². The SMILES string of the molecule is CN.Nc1cc2c(O)c(N)c(S(=O)(=O)O)cc2cc1S(=O)(=O)O.Nc1ccc(N)c2cc(S(=O)(=O)O)ccc12.Nc1cccc(C=O)c1. The Morgan fingerprint density at radius 1 is 0.583 bits per heavy atom. The first kappa shape index (κ1) is 39.0. The zero-order valence-electron chi connectivity index (χ0n) is 24.8. The highest BCUT2D eigenvalue weighted by Gasteiger charge is 2.22. The third kappa shape index (κ3) is 9.42. The van der Waals surface area contributed by atoms with Gasteiger partial charge >= 0.3 is 0 Å². The number of carbonyl (C=O) groups is 1. The number of benzene rings is 5. The summed E-state index contributed by atoms with van der Waals surface area (Å²) in [5.74, 6) is -0.686. The highest BCUT2D eigenvalue weighted by atomic mass is 32.2. The van der Waals surface area contributed by atoms with Crippen molar-refractivity contribution in [2.45, 2.75) is 14.7 Å². The summed E-state index contributed by atoms with van der Waals surface area (Å²) in [6.45, 7) is 0. The lowest BCUT2D eigenvalue weighted by atomic mass is 10.1. The third-order valence-corrected chi connectivity index (χ3v) is 8.85. The molecule has 5 rings (SSSR count). The number of aromatic hydroxyl groups is 1. The molecule has 0 atom stereocenters. The number of hydrogen-bond donors (Lipinski definition) is 10. The van der Waals surface area contributed by atoms with Crippen LogP contribution in [0.4, 0.5) is 28.4 Å². The molecule has 5 aromatic rings. The van der Waals surface area contributed by atoms with E-state index in [1.165, 1.54) is 25.2 Å². The molecule has 0 bridgehead atoms. The van der Waals surface area contributed by atoms with Crippen LogP contribution < -0.4 is 34.4 Å². The molecule has 0 unspecified atom stereocenters. The molecule has 0 heterocycles. The van der Waals surface area contributed by atoms with Crippen molar-refractivity contribution < 1.29 is 48.8 Å². The highest BCUT2D eigenvalue weighted by Crippen LogP contribution is 2.39. The molecule has 0 spiro atoms. The largest absolute Gasteiger partial charge is 0.505 e. The average molecular weight is 725 g/mol. The molecule has 0 aliphatic rings. The van der Waals surface area contributed by atoms with E-state index in [-0.39, 0.29) is 21.4 Å². The van der Waals surface area contributed by atoms with Gasteiger partial charge in [-0.15, -0.1) is 0 Å². The molecule has 20 heteroatoms. The lowest BCUT2D eigenvalue weighted by Gasteiger charge is -2.11. The molecule has 0 fully saturated rings. The van der Waals surface area contributed by atoms with Crippen molar-refractivity contribution in [1.82, 2.24) is 0 Å². The van der Waals surface area contributed by atoms with Gasteiger partial charge in [0.2, 0.25) is 0 Å². The van der Waals surface area contributed by atoms with Crippen LogP contribution in [0.1, 0.15) is 10.4 Å². The van der Waals surface area contributed by atoms with Gasteiger partial charge in [-0.3, -0.25) is 18.5 Å². The molecule has 0 saturated heterocycles. The smallest absolute Gasteiger partial charge is 0.296 e. The Morgan fingerprint density at radius 2 is 1.12 bits per heavy atom. The number of carbonyl (C=O) groups excluding carboxylic acids is 1. The second kappa shape index (κ2) is 15.1. The molecule has 0 saturated carbocycles. The fraction of sp³-hybridized carbons (Fsp3) is 0.0357. The number of aldehydes is 1. The van der Waals surface area contributed by atoms with Gasteiger partial charge in [0.25, 0.3) is 30.4 Å². The Hall–Kier alpha value is -5.22. The molecule has 0 radical (unpaired) electrons. The second-order valence-electron chi connectivity index (χ2n) is 9.41. The molecule has 48 heavy (non-hydrogen) atoms. The van der Waals surface area contributed by atoms with E-state index in [2.05, 4.69) is 5.73 Å². The van der Waals surface area contributed by atoms with E-state index in [4.69, 9.17) is 42.3 Å². The first-order valence-corrected chi connectivity index (χ1v) is 17.2. The first-order chi connectivity index (χ1) is 22.1. The molecular formula is C28H32N6O11S3. The third-order valence-electron chi connectivity index (χ3n) is 6.20. The molecule has 0 aliphatic heterocycles. The van der Waals surface area contributed by atoms with E-state index in [1.807, 2.05) is 0 Å². The molecule has 0 amide bonds. The van der Waals surface area contributed by atoms with Gasteiger partial charge in [-0.2, -0.15) is 25.3 Å². The number of rotatable bonds is 4. The van der Waals surface area contributed by atoms with Crippen molar-refractivity contribution in [3.8, 4) is 5.75 Å². The number of nitrogens with two attached hydrogens (primary N) is 6. The number of anilines is 5. The van der Waals surface area contributed by atoms with E-state index in [0.717, 1.165) is 24.5 Å². The minimum atomic E-state index is -4.73. The number of phenolic OH excluding ortho intramolecular Hbond substituents is 1. The first-order valence-electron chi connectivity index (χ1n) is 12.9. The predicted molar refractivity (Wildman–Crippen MR) is 183 cm³/mol. The number of phenols is 1. The van der Waals surface area contributed by atoms with Crippen LogP contribution in [-0.2, 0) is 30.4 Å². The highest BCUT2D eigenvalue weighted by molar-refractivity contribution is 7.86. The monoisotopic (exact) mass is 724 g/mol. The lowest BCUT2D eigenvalue weighted by Crippen LogP contribution is -2.06. The minimum Gasteiger partial charge on any atom is -0.505 e. The Morgan fingerprint density at radius 3 is 1.60 bits per heavy atom. The van der Waals surface area contributed by atoms with Gasteiger partial charge in [0, 0.05) is 38.8 Å². The van der Waals surface area contributed by atoms with Gasteiger partial charge in [-0.05, 0) is 67.0 Å². The fourth-order valence-corrected chi connectivity index (χ4v) is 5.81. The molecule has 17 nitrogen and oxygen atoms in total. The molecule has 16 N–H and O–H groups in total. The summed E-state index contributed by atoms with van der Waals surface area (Å²) < 4.78 is 93.5. The van der Waals surface area contributed by atoms with E-state index < -0.39 is 51.6 Å². The number of fused-ring (bicyclic) bond motifs is 2. The normalized spacial score (nSPS) is 11.3. The van der Waals surface area contributed by atoms with Crippen LogP contribution in [0.2, 0.25) is 0 Å². The molecule has 258 valence electrons. The van der Waals surface area contributed by atoms with Crippen LogP contribution in [0.25, 0.3) is 21.5 Å². The lowest BCUT2D eigenvalue weighted by molar-refractivity contribution is 0.112. The van der Waals surface area contributed by atoms with Gasteiger partial charge in [-0.1, -0.05) is 18.2 Å². The standard InChI is InChI=1S/C10H10N2O7S2.C10H10N2O3S.C7H7NO.CH5N/c11-6-3-5-4(1-7(6)20(14,15)16)2-8(21(17,18)19)9(12)10(5)13;11-9-3-4-10(12)8-5-6(16(13,14)15)1-2-7(8)9;8-7-3-1-2-6(4-7)5-9;1-2/h1-3,13H,11-12H2,(H,14,15,16)(H,17,18,19);1-5H,11-12H2,(H,13,14,15);1-5H,8H2;2H2,1H3. The van der Waals surface area contributed by atoms with E-state index in [0.29, 0.717) is 33.4 Å².